The van der Waals surface area contributed by atoms with Gasteiger partial charge in [-0.1, -0.05) is 0 Å². The highest BCUT2D eigenvalue weighted by atomic mass is 19.3. The molecular weight excluding hydrogens is 444 g/mol. The van der Waals surface area contributed by atoms with Crippen molar-refractivity contribution in [3.63, 3.8) is 0 Å². The van der Waals surface area contributed by atoms with Gasteiger partial charge >= 0.3 is 5.92 Å². The molecule has 0 radical (unpaired) electrons. The van der Waals surface area contributed by atoms with Gasteiger partial charge in [-0.2, -0.15) is 13.9 Å². The minimum Gasteiger partial charge on any atom is -0.384 e. The molecule has 1 amide bonds. The molecule has 1 aromatic rings. The molecule has 1 saturated carbocycles. The van der Waals surface area contributed by atoms with E-state index in [1.807, 2.05) is 11.7 Å². The quantitative estimate of drug-likeness (QED) is 0.519. The Morgan fingerprint density at radius 1 is 1.24 bits per heavy atom. The first-order valence-electron chi connectivity index (χ1n) is 12.2. The first-order valence-corrected chi connectivity index (χ1v) is 12.2. The third kappa shape index (κ3) is 6.13. The topological polar surface area (TPSA) is 71.9 Å². The van der Waals surface area contributed by atoms with Crippen molar-refractivity contribution >= 4 is 5.91 Å². The maximum atomic E-state index is 13.8. The molecular formula is C24H41F2N5O3. The molecule has 1 aromatic heterocycles. The second-order valence-electron chi connectivity index (χ2n) is 10.1. The van der Waals surface area contributed by atoms with E-state index in [0.717, 1.165) is 55.7 Å². The number of methoxy groups -OCH3 is 2. The van der Waals surface area contributed by atoms with Gasteiger partial charge in [0.15, 0.2) is 0 Å². The van der Waals surface area contributed by atoms with Crippen molar-refractivity contribution in [1.82, 2.24) is 24.9 Å². The van der Waals surface area contributed by atoms with Crippen LogP contribution in [0.3, 0.4) is 0 Å². The molecule has 0 bridgehead atoms. The van der Waals surface area contributed by atoms with E-state index < -0.39 is 11.8 Å². The number of likely N-dealkylation sites (N-methyl/N-ethyl adjacent to an activating group) is 2. The standard InChI is InChI=1S/C24H41F2N5O3/c1-23(25,26)22(32)30-12-13-31-20(15-30)21(19(28-31)14-29(3)11-10-27-2)18-6-8-24(9-7-18,16-33-4)17-34-5/h18,27H,6-17H2,1-5H3. The van der Waals surface area contributed by atoms with Crippen LogP contribution in [0.25, 0.3) is 0 Å². The van der Waals surface area contributed by atoms with Gasteiger partial charge in [-0.3, -0.25) is 14.4 Å². The van der Waals surface area contributed by atoms with Gasteiger partial charge in [-0.25, -0.2) is 0 Å². The maximum absolute atomic E-state index is 13.8. The Labute approximate surface area is 201 Å². The second kappa shape index (κ2) is 11.4. The molecule has 1 N–H and O–H groups in total. The van der Waals surface area contributed by atoms with Crippen molar-refractivity contribution in [2.24, 2.45) is 5.41 Å². The predicted molar refractivity (Wildman–Crippen MR) is 126 cm³/mol. The van der Waals surface area contributed by atoms with Crippen molar-refractivity contribution in [2.45, 2.75) is 64.1 Å². The average Bonchev–Trinajstić information content (AvgIpc) is 3.14. The molecule has 0 atom stereocenters. The molecule has 1 aliphatic carbocycles. The summed E-state index contributed by atoms with van der Waals surface area (Å²) in [5, 5.41) is 8.09. The summed E-state index contributed by atoms with van der Waals surface area (Å²) >= 11 is 0. The number of fused-ring (bicyclic) bond motifs is 1. The largest absolute Gasteiger partial charge is 0.384 e. The molecule has 194 valence electrons. The van der Waals surface area contributed by atoms with Gasteiger partial charge in [0.25, 0.3) is 5.91 Å². The van der Waals surface area contributed by atoms with Gasteiger partial charge in [0, 0.05) is 58.3 Å². The number of ether oxygens (including phenoxy) is 2. The van der Waals surface area contributed by atoms with E-state index in [9.17, 15) is 13.6 Å². The minimum atomic E-state index is -3.37. The van der Waals surface area contributed by atoms with Crippen LogP contribution in [0.15, 0.2) is 0 Å². The Hall–Kier alpha value is -1.62. The van der Waals surface area contributed by atoms with Crippen LogP contribution < -0.4 is 5.32 Å². The highest BCUT2D eigenvalue weighted by Crippen LogP contribution is 2.45. The summed E-state index contributed by atoms with van der Waals surface area (Å²) in [6.45, 7) is 5.30. The molecule has 3 rings (SSSR count). The number of alkyl halides is 2. The van der Waals surface area contributed by atoms with E-state index >= 15 is 0 Å². The van der Waals surface area contributed by atoms with E-state index in [-0.39, 0.29) is 24.4 Å². The number of rotatable bonds is 11. The summed E-state index contributed by atoms with van der Waals surface area (Å²) in [6.07, 6.45) is 3.84. The number of hydrogen-bond donors (Lipinski definition) is 1. The zero-order valence-electron chi connectivity index (χ0n) is 21.3. The van der Waals surface area contributed by atoms with E-state index in [2.05, 4.69) is 17.3 Å². The van der Waals surface area contributed by atoms with E-state index in [4.69, 9.17) is 14.6 Å². The van der Waals surface area contributed by atoms with Crippen molar-refractivity contribution < 1.29 is 23.0 Å². The first kappa shape index (κ1) is 27.0. The summed E-state index contributed by atoms with van der Waals surface area (Å²) in [5.74, 6) is -4.21. The van der Waals surface area contributed by atoms with Crippen molar-refractivity contribution in [2.75, 3.05) is 61.2 Å². The number of carbonyl (C=O) groups excluding carboxylic acids is 1. The summed E-state index contributed by atoms with van der Waals surface area (Å²) in [6, 6.07) is 0. The van der Waals surface area contributed by atoms with E-state index in [1.54, 1.807) is 14.2 Å². The van der Waals surface area contributed by atoms with Crippen LogP contribution in [0, 0.1) is 5.41 Å². The zero-order chi connectivity index (χ0) is 24.9. The fraction of sp³-hybridized carbons (Fsp3) is 0.833. The lowest BCUT2D eigenvalue weighted by molar-refractivity contribution is -0.156. The first-order chi connectivity index (χ1) is 16.1. The van der Waals surface area contributed by atoms with E-state index in [0.29, 0.717) is 33.2 Å². The Balaban J connectivity index is 1.88. The maximum Gasteiger partial charge on any atom is 0.322 e. The SMILES string of the molecule is CNCCN(C)Cc1nn2c(c1C1CCC(COC)(COC)CC1)CN(C(=O)C(C)(F)F)CC2. The third-order valence-electron chi connectivity index (χ3n) is 7.28. The van der Waals surface area contributed by atoms with Crippen LogP contribution in [-0.4, -0.2) is 92.6 Å². The Morgan fingerprint density at radius 3 is 2.44 bits per heavy atom. The summed E-state index contributed by atoms with van der Waals surface area (Å²) in [5.41, 5.74) is 3.07. The molecule has 0 spiro atoms. The van der Waals surface area contributed by atoms with Crippen LogP contribution in [-0.2, 0) is 33.9 Å². The molecule has 1 fully saturated rings. The molecule has 10 heteroatoms. The lowest BCUT2D eigenvalue weighted by atomic mass is 9.69. The van der Waals surface area contributed by atoms with Gasteiger partial charge in [0.2, 0.25) is 0 Å². The Bertz CT molecular complexity index is 810. The fourth-order valence-corrected chi connectivity index (χ4v) is 5.53. The Morgan fingerprint density at radius 2 is 1.88 bits per heavy atom. The zero-order valence-corrected chi connectivity index (χ0v) is 21.3. The average molecular weight is 486 g/mol. The third-order valence-corrected chi connectivity index (χ3v) is 7.28. The molecule has 1 aliphatic heterocycles. The van der Waals surface area contributed by atoms with Crippen LogP contribution >= 0.6 is 0 Å². The van der Waals surface area contributed by atoms with Crippen molar-refractivity contribution in [1.29, 1.82) is 0 Å². The molecule has 0 aromatic carbocycles. The normalized spacial score (nSPS) is 19.0. The van der Waals surface area contributed by atoms with Gasteiger partial charge in [-0.05, 0) is 45.7 Å². The number of hydrogen-bond acceptors (Lipinski definition) is 6. The predicted octanol–water partition coefficient (Wildman–Crippen LogP) is 2.47. The lowest BCUT2D eigenvalue weighted by Gasteiger charge is -2.40. The van der Waals surface area contributed by atoms with Crippen LogP contribution in [0.5, 0.6) is 0 Å². The molecule has 0 saturated heterocycles. The number of nitrogens with zero attached hydrogens (tertiary/aromatic N) is 4. The van der Waals surface area contributed by atoms with Crippen LogP contribution in [0.4, 0.5) is 8.78 Å². The molecule has 2 heterocycles. The number of aromatic nitrogens is 2. The fourth-order valence-electron chi connectivity index (χ4n) is 5.53. The van der Waals surface area contributed by atoms with Gasteiger partial charge in [0.1, 0.15) is 0 Å². The monoisotopic (exact) mass is 485 g/mol. The highest BCUT2D eigenvalue weighted by molar-refractivity contribution is 5.83. The van der Waals surface area contributed by atoms with Gasteiger partial charge < -0.3 is 19.7 Å². The summed E-state index contributed by atoms with van der Waals surface area (Å²) < 4.78 is 40.6. The van der Waals surface area contributed by atoms with Gasteiger partial charge in [-0.15, -0.1) is 0 Å². The van der Waals surface area contributed by atoms with Gasteiger partial charge in [0.05, 0.1) is 37.7 Å². The molecule has 34 heavy (non-hydrogen) atoms. The minimum absolute atomic E-state index is 0.00322. The number of amides is 1. The molecule has 8 nitrogen and oxygen atoms in total. The molecule has 2 aliphatic rings. The van der Waals surface area contributed by atoms with Crippen molar-refractivity contribution in [3.05, 3.63) is 17.0 Å². The second-order valence-corrected chi connectivity index (χ2v) is 10.1. The summed E-state index contributed by atoms with van der Waals surface area (Å²) in [7, 11) is 7.45. The number of halogens is 2. The van der Waals surface area contributed by atoms with Crippen molar-refractivity contribution in [3.8, 4) is 0 Å². The van der Waals surface area contributed by atoms with Crippen LogP contribution in [0.1, 0.15) is 55.5 Å². The van der Waals surface area contributed by atoms with E-state index in [1.165, 1.54) is 4.90 Å². The van der Waals surface area contributed by atoms with Crippen LogP contribution in [0.2, 0.25) is 0 Å². The molecule has 0 unspecified atom stereocenters. The smallest absolute Gasteiger partial charge is 0.322 e. The number of nitrogens with one attached hydrogen (secondary N) is 1. The summed E-state index contributed by atoms with van der Waals surface area (Å²) in [4.78, 5) is 15.9. The lowest BCUT2D eigenvalue weighted by Crippen LogP contribution is -2.46. The number of carbonyl (C=O) groups is 1. The highest BCUT2D eigenvalue weighted by Gasteiger charge is 2.41. The Kier molecular flexibility index (Phi) is 9.05.